The van der Waals surface area contributed by atoms with Gasteiger partial charge in [-0.15, -0.1) is 22.7 Å². The van der Waals surface area contributed by atoms with Crippen LogP contribution in [0.5, 0.6) is 0 Å². The number of hydrogen-bond donors (Lipinski definition) is 0. The molecule has 0 aliphatic rings. The summed E-state index contributed by atoms with van der Waals surface area (Å²) in [4.78, 5) is 0. The van der Waals surface area contributed by atoms with E-state index in [4.69, 9.17) is 0 Å². The van der Waals surface area contributed by atoms with E-state index in [0.29, 0.717) is 0 Å². The molecule has 0 amide bonds. The van der Waals surface area contributed by atoms with Crippen molar-refractivity contribution < 1.29 is 0 Å². The van der Waals surface area contributed by atoms with Crippen LogP contribution in [0.2, 0.25) is 0 Å². The Kier molecular flexibility index (Phi) is 4.97. The Balaban J connectivity index is 0.000000124. The summed E-state index contributed by atoms with van der Waals surface area (Å²) < 4.78 is 5.69. The molecule has 178 valence electrons. The van der Waals surface area contributed by atoms with Gasteiger partial charge in [0.05, 0.1) is 9.40 Å². The van der Waals surface area contributed by atoms with Crippen molar-refractivity contribution in [2.45, 2.75) is 0 Å². The first-order valence-electron chi connectivity index (χ1n) is 12.8. The number of hydrogen-bond acceptors (Lipinski definition) is 2. The highest BCUT2D eigenvalue weighted by atomic mass is 32.1. The van der Waals surface area contributed by atoms with Crippen molar-refractivity contribution in [2.24, 2.45) is 0 Å². The van der Waals surface area contributed by atoms with E-state index in [1.54, 1.807) is 0 Å². The van der Waals surface area contributed by atoms with Gasteiger partial charge in [0.1, 0.15) is 0 Å². The molecule has 0 nitrogen and oxygen atoms in total. The van der Waals surface area contributed by atoms with Crippen LogP contribution >= 0.6 is 22.7 Å². The number of benzene rings is 7. The van der Waals surface area contributed by atoms with Crippen LogP contribution in [-0.2, 0) is 0 Å². The third-order valence-electron chi connectivity index (χ3n) is 7.42. The smallest absolute Gasteiger partial charge is 0.0542 e. The highest BCUT2D eigenvalue weighted by molar-refractivity contribution is 7.36. The van der Waals surface area contributed by atoms with Crippen molar-refractivity contribution in [3.63, 3.8) is 0 Å². The molecule has 2 aromatic heterocycles. The van der Waals surface area contributed by atoms with Crippen LogP contribution in [0.15, 0.2) is 133 Å². The summed E-state index contributed by atoms with van der Waals surface area (Å²) in [5, 5.41) is 13.2. The van der Waals surface area contributed by atoms with Gasteiger partial charge in [-0.1, -0.05) is 84.9 Å². The van der Waals surface area contributed by atoms with Crippen LogP contribution in [0.1, 0.15) is 0 Å². The molecule has 0 N–H and O–H groups in total. The predicted octanol–water partition coefficient (Wildman–Crippen LogP) is 11.6. The second kappa shape index (κ2) is 8.66. The van der Waals surface area contributed by atoms with Crippen LogP contribution in [-0.4, -0.2) is 0 Å². The van der Waals surface area contributed by atoms with Crippen molar-refractivity contribution in [2.75, 3.05) is 0 Å². The van der Waals surface area contributed by atoms with E-state index in [1.165, 1.54) is 72.7 Å². The van der Waals surface area contributed by atoms with Gasteiger partial charge in [0.25, 0.3) is 0 Å². The lowest BCUT2D eigenvalue weighted by Gasteiger charge is -2.07. The first-order valence-corrected chi connectivity index (χ1v) is 14.5. The van der Waals surface area contributed by atoms with E-state index < -0.39 is 0 Å². The summed E-state index contributed by atoms with van der Waals surface area (Å²) in [5.74, 6) is 0. The molecule has 2 heterocycles. The van der Waals surface area contributed by atoms with E-state index in [2.05, 4.69) is 133 Å². The summed E-state index contributed by atoms with van der Waals surface area (Å²) in [6, 6.07) is 48.3. The topological polar surface area (TPSA) is 0 Å². The van der Waals surface area contributed by atoms with Gasteiger partial charge in [-0.3, -0.25) is 0 Å². The van der Waals surface area contributed by atoms with Gasteiger partial charge in [0.2, 0.25) is 0 Å². The fourth-order valence-electron chi connectivity index (χ4n) is 5.54. The van der Waals surface area contributed by atoms with Gasteiger partial charge in [0, 0.05) is 20.2 Å². The van der Waals surface area contributed by atoms with Crippen molar-refractivity contribution in [1.29, 1.82) is 0 Å². The Morgan fingerprint density at radius 3 is 0.947 bits per heavy atom. The monoisotopic (exact) mass is 518 g/mol. The van der Waals surface area contributed by atoms with Crippen LogP contribution in [0, 0.1) is 0 Å². The molecule has 0 atom stereocenters. The summed E-state index contributed by atoms with van der Waals surface area (Å²) in [6.07, 6.45) is 0. The van der Waals surface area contributed by atoms with Gasteiger partial charge < -0.3 is 0 Å². The van der Waals surface area contributed by atoms with Crippen LogP contribution in [0.3, 0.4) is 0 Å². The fraction of sp³-hybridized carbons (Fsp3) is 0. The summed E-state index contributed by atoms with van der Waals surface area (Å²) in [7, 11) is 0. The van der Waals surface area contributed by atoms with Gasteiger partial charge >= 0.3 is 0 Å². The largest absolute Gasteiger partial charge is 0.134 e. The van der Waals surface area contributed by atoms with Crippen molar-refractivity contribution in [3.05, 3.63) is 133 Å². The number of fused-ring (bicyclic) bond motifs is 9. The molecule has 9 rings (SSSR count). The summed E-state index contributed by atoms with van der Waals surface area (Å²) in [6.45, 7) is 0. The second-order valence-electron chi connectivity index (χ2n) is 9.80. The Morgan fingerprint density at radius 2 is 0.579 bits per heavy atom. The Morgan fingerprint density at radius 1 is 0.289 bits per heavy atom. The lowest BCUT2D eigenvalue weighted by molar-refractivity contribution is 1.78. The number of rotatable bonds is 0. The first-order chi connectivity index (χ1) is 18.8. The van der Waals surface area contributed by atoms with Gasteiger partial charge in [0.15, 0.2) is 0 Å². The molecular formula is C36H22S2. The summed E-state index contributed by atoms with van der Waals surface area (Å²) >= 11 is 3.82. The fourth-order valence-corrected chi connectivity index (χ4v) is 8.19. The molecule has 0 aliphatic carbocycles. The predicted molar refractivity (Wildman–Crippen MR) is 171 cm³/mol. The van der Waals surface area contributed by atoms with E-state index in [9.17, 15) is 0 Å². The molecule has 0 bridgehead atoms. The van der Waals surface area contributed by atoms with E-state index in [1.807, 2.05) is 22.7 Å². The molecule has 0 saturated heterocycles. The normalized spacial score (nSPS) is 11.7. The maximum Gasteiger partial charge on any atom is 0.0542 e. The molecule has 0 spiro atoms. The van der Waals surface area contributed by atoms with Crippen LogP contribution < -0.4 is 0 Å². The Hall–Kier alpha value is -4.24. The summed E-state index contributed by atoms with van der Waals surface area (Å²) in [5.41, 5.74) is 0. The molecular weight excluding hydrogens is 497 g/mol. The van der Waals surface area contributed by atoms with E-state index in [0.717, 1.165) is 0 Å². The molecule has 0 aliphatic heterocycles. The highest BCUT2D eigenvalue weighted by Crippen LogP contribution is 2.43. The number of thiophene rings is 2. The van der Waals surface area contributed by atoms with Gasteiger partial charge in [-0.25, -0.2) is 0 Å². The van der Waals surface area contributed by atoms with Gasteiger partial charge in [-0.05, 0) is 91.6 Å². The zero-order valence-corrected chi connectivity index (χ0v) is 22.2. The third kappa shape index (κ3) is 3.57. The van der Waals surface area contributed by atoms with E-state index in [-0.39, 0.29) is 0 Å². The molecule has 7 aromatic carbocycles. The standard InChI is InChI=1S/C22H14.C14H8S2/c1-2-6-16-10-20-14-22-12-18-8-4-3-7-17(18)11-21(22)13-19(20)9-15(16)5-1;1-3-7-11-9(5-1)13-14(15-11)10-6-2-4-8-12(10)16-13/h1-14H;1-8H. The molecule has 0 radical (unpaired) electrons. The van der Waals surface area contributed by atoms with Gasteiger partial charge in [-0.2, -0.15) is 0 Å². The van der Waals surface area contributed by atoms with Crippen LogP contribution in [0.25, 0.3) is 72.7 Å². The molecule has 0 fully saturated rings. The zero-order valence-electron chi connectivity index (χ0n) is 20.5. The highest BCUT2D eigenvalue weighted by Gasteiger charge is 2.10. The third-order valence-corrected chi connectivity index (χ3v) is 9.96. The van der Waals surface area contributed by atoms with E-state index >= 15 is 0 Å². The minimum absolute atomic E-state index is 1.30. The average molecular weight is 519 g/mol. The molecule has 0 saturated carbocycles. The first kappa shape index (κ1) is 21.8. The molecule has 0 unspecified atom stereocenters. The lowest BCUT2D eigenvalue weighted by atomic mass is 9.97. The lowest BCUT2D eigenvalue weighted by Crippen LogP contribution is -1.80. The maximum absolute atomic E-state index is 2.31. The Bertz CT molecular complexity index is 2050. The van der Waals surface area contributed by atoms with Crippen molar-refractivity contribution in [3.8, 4) is 0 Å². The zero-order chi connectivity index (χ0) is 25.1. The second-order valence-corrected chi connectivity index (χ2v) is 11.9. The Labute approximate surface area is 228 Å². The average Bonchev–Trinajstić information content (AvgIpc) is 3.50. The van der Waals surface area contributed by atoms with Crippen molar-refractivity contribution in [1.82, 2.24) is 0 Å². The van der Waals surface area contributed by atoms with Crippen molar-refractivity contribution >= 4 is 95.3 Å². The molecule has 9 aromatic rings. The minimum atomic E-state index is 1.30. The quantitative estimate of drug-likeness (QED) is 0.175. The molecule has 2 heteroatoms. The SMILES string of the molecule is c1ccc2c(c1)sc1c3ccccc3sc21.c1ccc2cc3cc4cc5ccccc5cc4cc3cc2c1. The van der Waals surface area contributed by atoms with Crippen LogP contribution in [0.4, 0.5) is 0 Å². The minimum Gasteiger partial charge on any atom is -0.134 e. The molecule has 38 heavy (non-hydrogen) atoms. The maximum atomic E-state index is 2.31.